The van der Waals surface area contributed by atoms with Crippen LogP contribution in [0.5, 0.6) is 0 Å². The molecule has 0 saturated carbocycles. The van der Waals surface area contributed by atoms with E-state index in [4.69, 9.17) is 10.2 Å². The van der Waals surface area contributed by atoms with Crippen molar-refractivity contribution in [3.05, 3.63) is 0 Å². The fourth-order valence-corrected chi connectivity index (χ4v) is 1.46. The predicted octanol–water partition coefficient (Wildman–Crippen LogP) is -1.22. The number of carboxylic acid groups (broad SMARTS) is 1. The Bertz CT molecular complexity index is 180. The van der Waals surface area contributed by atoms with E-state index >= 15 is 0 Å². The summed E-state index contributed by atoms with van der Waals surface area (Å²) in [5, 5.41) is 23.4. The molecule has 0 unspecified atom stereocenters. The molecule has 0 aromatic rings. The molecule has 1 fully saturated rings. The minimum Gasteiger partial charge on any atom is -0.481 e. The Morgan fingerprint density at radius 1 is 1.54 bits per heavy atom. The quantitative estimate of drug-likeness (QED) is 0.393. The van der Waals surface area contributed by atoms with Gasteiger partial charge < -0.3 is 20.8 Å². The maximum absolute atomic E-state index is 10.5. The van der Waals surface area contributed by atoms with Gasteiger partial charge >= 0.3 is 5.97 Å². The molecule has 1 saturated heterocycles. The number of aliphatic carboxylic acids is 1. The maximum Gasteiger partial charge on any atom is 0.305 e. The van der Waals surface area contributed by atoms with Crippen molar-refractivity contribution in [2.75, 3.05) is 26.2 Å². The molecule has 0 bridgehead atoms. The smallest absolute Gasteiger partial charge is 0.305 e. The predicted molar refractivity (Wildman–Crippen MR) is 47.6 cm³/mol. The second-order valence-electron chi connectivity index (χ2n) is 3.46. The van der Waals surface area contributed by atoms with Crippen molar-refractivity contribution < 1.29 is 15.0 Å². The lowest BCUT2D eigenvalue weighted by atomic mass is 9.88. The molecule has 0 aliphatic carbocycles. The summed E-state index contributed by atoms with van der Waals surface area (Å²) in [4.78, 5) is 10.5. The Hall–Kier alpha value is -0.650. The van der Waals surface area contributed by atoms with Crippen LogP contribution < -0.4 is 10.6 Å². The molecule has 0 radical (unpaired) electrons. The van der Waals surface area contributed by atoms with E-state index in [-0.39, 0.29) is 18.6 Å². The van der Waals surface area contributed by atoms with Crippen LogP contribution in [0.4, 0.5) is 0 Å². The van der Waals surface area contributed by atoms with E-state index in [0.29, 0.717) is 26.1 Å². The van der Waals surface area contributed by atoms with Gasteiger partial charge in [-0.3, -0.25) is 4.79 Å². The third-order valence-electron chi connectivity index (χ3n) is 2.25. The van der Waals surface area contributed by atoms with Gasteiger partial charge in [0.25, 0.3) is 0 Å². The second kappa shape index (κ2) is 4.55. The van der Waals surface area contributed by atoms with Crippen LogP contribution in [0.2, 0.25) is 0 Å². The highest BCUT2D eigenvalue weighted by atomic mass is 16.4. The highest BCUT2D eigenvalue weighted by molar-refractivity contribution is 5.68. The van der Waals surface area contributed by atoms with E-state index in [9.17, 15) is 4.79 Å². The largest absolute Gasteiger partial charge is 0.481 e. The first-order chi connectivity index (χ1) is 6.18. The normalized spacial score (nSPS) is 19.5. The van der Waals surface area contributed by atoms with Gasteiger partial charge in [-0.1, -0.05) is 0 Å². The Morgan fingerprint density at radius 3 is 2.62 bits per heavy atom. The number of aliphatic hydroxyl groups excluding tert-OH is 1. The number of nitrogens with one attached hydrogen (secondary N) is 2. The van der Waals surface area contributed by atoms with Gasteiger partial charge in [-0.05, 0) is 13.0 Å². The zero-order valence-electron chi connectivity index (χ0n) is 7.55. The van der Waals surface area contributed by atoms with Crippen LogP contribution in [0.1, 0.15) is 12.8 Å². The van der Waals surface area contributed by atoms with Crippen molar-refractivity contribution in [3.63, 3.8) is 0 Å². The molecular formula is C8H16N2O3. The van der Waals surface area contributed by atoms with E-state index in [1.165, 1.54) is 0 Å². The average Bonchev–Trinajstić information content (AvgIpc) is 1.99. The molecule has 76 valence electrons. The second-order valence-corrected chi connectivity index (χ2v) is 3.46. The van der Waals surface area contributed by atoms with Crippen molar-refractivity contribution in [1.29, 1.82) is 0 Å². The molecule has 0 aromatic carbocycles. The van der Waals surface area contributed by atoms with Crippen LogP contribution in [0.15, 0.2) is 0 Å². The molecule has 0 spiro atoms. The Kier molecular flexibility index (Phi) is 3.65. The summed E-state index contributed by atoms with van der Waals surface area (Å²) in [6.07, 6.45) is 0.812. The number of hydrogen-bond acceptors (Lipinski definition) is 4. The monoisotopic (exact) mass is 188 g/mol. The third-order valence-corrected chi connectivity index (χ3v) is 2.25. The van der Waals surface area contributed by atoms with Crippen molar-refractivity contribution in [1.82, 2.24) is 10.6 Å². The SMILES string of the molecule is O=C(O)CC1(NCCCO)CNC1. The van der Waals surface area contributed by atoms with Crippen LogP contribution in [0, 0.1) is 0 Å². The molecule has 1 rings (SSSR count). The highest BCUT2D eigenvalue weighted by Gasteiger charge is 2.38. The highest BCUT2D eigenvalue weighted by Crippen LogP contribution is 2.15. The van der Waals surface area contributed by atoms with Crippen molar-refractivity contribution >= 4 is 5.97 Å². The van der Waals surface area contributed by atoms with Crippen molar-refractivity contribution in [2.24, 2.45) is 0 Å². The first-order valence-electron chi connectivity index (χ1n) is 4.47. The van der Waals surface area contributed by atoms with Crippen LogP contribution in [0.25, 0.3) is 0 Å². The fraction of sp³-hybridized carbons (Fsp3) is 0.875. The molecule has 5 nitrogen and oxygen atoms in total. The lowest BCUT2D eigenvalue weighted by Gasteiger charge is -2.42. The molecule has 1 aliphatic rings. The van der Waals surface area contributed by atoms with Gasteiger partial charge in [0, 0.05) is 19.7 Å². The summed E-state index contributed by atoms with van der Waals surface area (Å²) in [5.74, 6) is -0.780. The summed E-state index contributed by atoms with van der Waals surface area (Å²) in [7, 11) is 0. The Balaban J connectivity index is 2.27. The first kappa shape index (κ1) is 10.4. The molecule has 5 heteroatoms. The van der Waals surface area contributed by atoms with E-state index in [2.05, 4.69) is 10.6 Å². The van der Waals surface area contributed by atoms with E-state index < -0.39 is 5.97 Å². The summed E-state index contributed by atoms with van der Waals surface area (Å²) < 4.78 is 0. The Labute approximate surface area is 77.1 Å². The van der Waals surface area contributed by atoms with Crippen molar-refractivity contribution in [2.45, 2.75) is 18.4 Å². The number of rotatable bonds is 6. The topological polar surface area (TPSA) is 81.6 Å². The van der Waals surface area contributed by atoms with E-state index in [1.54, 1.807) is 0 Å². The summed E-state index contributed by atoms with van der Waals surface area (Å²) in [5.41, 5.74) is -0.277. The lowest BCUT2D eigenvalue weighted by Crippen LogP contribution is -2.68. The molecule has 0 atom stereocenters. The summed E-state index contributed by atoms with van der Waals surface area (Å²) >= 11 is 0. The van der Waals surface area contributed by atoms with Gasteiger partial charge in [-0.25, -0.2) is 0 Å². The van der Waals surface area contributed by atoms with Gasteiger partial charge in [-0.2, -0.15) is 0 Å². The number of carboxylic acids is 1. The maximum atomic E-state index is 10.5. The molecule has 0 amide bonds. The van der Waals surface area contributed by atoms with Gasteiger partial charge in [-0.15, -0.1) is 0 Å². The van der Waals surface area contributed by atoms with Gasteiger partial charge in [0.1, 0.15) is 0 Å². The van der Waals surface area contributed by atoms with Crippen LogP contribution in [-0.2, 0) is 4.79 Å². The van der Waals surface area contributed by atoms with Crippen molar-refractivity contribution in [3.8, 4) is 0 Å². The molecule has 1 heterocycles. The number of carbonyl (C=O) groups is 1. The molecule has 0 aromatic heterocycles. The third kappa shape index (κ3) is 2.95. The molecule has 13 heavy (non-hydrogen) atoms. The minimum atomic E-state index is -0.780. The molecule has 4 N–H and O–H groups in total. The van der Waals surface area contributed by atoms with Gasteiger partial charge in [0.2, 0.25) is 0 Å². The van der Waals surface area contributed by atoms with E-state index in [0.717, 1.165) is 0 Å². The standard InChI is InChI=1S/C8H16N2O3/c11-3-1-2-10-8(4-7(12)13)5-9-6-8/h9-11H,1-6H2,(H,12,13). The van der Waals surface area contributed by atoms with Crippen LogP contribution in [-0.4, -0.2) is 48.0 Å². The lowest BCUT2D eigenvalue weighted by molar-refractivity contribution is -0.139. The Morgan fingerprint density at radius 2 is 2.23 bits per heavy atom. The summed E-state index contributed by atoms with van der Waals surface area (Å²) in [6.45, 7) is 2.21. The van der Waals surface area contributed by atoms with Gasteiger partial charge in [0.15, 0.2) is 0 Å². The minimum absolute atomic E-state index is 0.142. The van der Waals surface area contributed by atoms with Crippen LogP contribution >= 0.6 is 0 Å². The zero-order chi connectivity index (χ0) is 9.73. The fourth-order valence-electron chi connectivity index (χ4n) is 1.46. The van der Waals surface area contributed by atoms with Crippen LogP contribution in [0.3, 0.4) is 0 Å². The molecular weight excluding hydrogens is 172 g/mol. The number of aliphatic hydroxyl groups is 1. The van der Waals surface area contributed by atoms with E-state index in [1.807, 2.05) is 0 Å². The zero-order valence-corrected chi connectivity index (χ0v) is 7.55. The number of hydrogen-bond donors (Lipinski definition) is 4. The summed E-state index contributed by atoms with van der Waals surface area (Å²) in [6, 6.07) is 0. The molecule has 1 aliphatic heterocycles. The first-order valence-corrected chi connectivity index (χ1v) is 4.47. The average molecular weight is 188 g/mol. The van der Waals surface area contributed by atoms with Gasteiger partial charge in [0.05, 0.1) is 12.0 Å².